The molecule has 1 unspecified atom stereocenters. The molecule has 20 heavy (non-hydrogen) atoms. The molecule has 4 nitrogen and oxygen atoms in total. The summed E-state index contributed by atoms with van der Waals surface area (Å²) < 4.78 is 24.2. The molecule has 1 aromatic carbocycles. The molecule has 0 aromatic heterocycles. The molecule has 2 rings (SSSR count). The Morgan fingerprint density at radius 1 is 1.25 bits per heavy atom. The van der Waals surface area contributed by atoms with Crippen LogP contribution in [0.25, 0.3) is 0 Å². The summed E-state index contributed by atoms with van der Waals surface area (Å²) in [5.74, 6) is 0.439. The van der Waals surface area contributed by atoms with Crippen molar-refractivity contribution in [1.82, 2.24) is 4.89 Å². The number of hydrogen-bond acceptors (Lipinski definition) is 3. The third kappa shape index (κ3) is 3.81. The molecule has 1 aliphatic rings. The molecule has 0 heterocycles. The molecular formula is C15H23NO3S. The first-order valence-corrected chi connectivity index (χ1v) is 8.78. The molecule has 1 N–H and O–H groups in total. The lowest BCUT2D eigenvalue weighted by Crippen LogP contribution is -2.28. The molecule has 0 spiro atoms. The summed E-state index contributed by atoms with van der Waals surface area (Å²) in [5.41, 5.74) is 1.16. The van der Waals surface area contributed by atoms with Crippen molar-refractivity contribution in [3.63, 3.8) is 0 Å². The SMILES string of the molecule is CCC(C)c1ccc(S(=O)(=O)NOC2CCCC2)cc1. The van der Waals surface area contributed by atoms with Crippen LogP contribution in [0.5, 0.6) is 0 Å². The summed E-state index contributed by atoms with van der Waals surface area (Å²) in [6.45, 7) is 4.25. The van der Waals surface area contributed by atoms with Crippen LogP contribution in [0.3, 0.4) is 0 Å². The van der Waals surface area contributed by atoms with Crippen LogP contribution in [0.4, 0.5) is 0 Å². The molecule has 1 saturated carbocycles. The minimum atomic E-state index is -3.57. The van der Waals surface area contributed by atoms with Crippen molar-refractivity contribution in [2.75, 3.05) is 0 Å². The molecule has 0 saturated heterocycles. The van der Waals surface area contributed by atoms with Crippen molar-refractivity contribution in [3.05, 3.63) is 29.8 Å². The molecule has 0 aliphatic heterocycles. The summed E-state index contributed by atoms with van der Waals surface area (Å²) in [6.07, 6.45) is 5.12. The van der Waals surface area contributed by atoms with Gasteiger partial charge in [-0.05, 0) is 42.9 Å². The van der Waals surface area contributed by atoms with Gasteiger partial charge in [0.25, 0.3) is 10.0 Å². The van der Waals surface area contributed by atoms with E-state index in [0.717, 1.165) is 37.7 Å². The second kappa shape index (κ2) is 6.70. The van der Waals surface area contributed by atoms with Crippen molar-refractivity contribution in [2.24, 2.45) is 0 Å². The van der Waals surface area contributed by atoms with Crippen LogP contribution in [0.1, 0.15) is 57.4 Å². The van der Waals surface area contributed by atoms with E-state index >= 15 is 0 Å². The van der Waals surface area contributed by atoms with Crippen molar-refractivity contribution >= 4 is 10.0 Å². The second-order valence-electron chi connectivity index (χ2n) is 5.49. The maximum absolute atomic E-state index is 12.1. The molecule has 1 aliphatic carbocycles. The van der Waals surface area contributed by atoms with Crippen LogP contribution < -0.4 is 4.89 Å². The molecule has 1 atom stereocenters. The fraction of sp³-hybridized carbons (Fsp3) is 0.600. The van der Waals surface area contributed by atoms with Crippen LogP contribution in [-0.4, -0.2) is 14.5 Å². The van der Waals surface area contributed by atoms with E-state index in [1.807, 2.05) is 12.1 Å². The van der Waals surface area contributed by atoms with E-state index in [9.17, 15) is 8.42 Å². The summed E-state index contributed by atoms with van der Waals surface area (Å²) in [4.78, 5) is 7.79. The monoisotopic (exact) mass is 297 g/mol. The van der Waals surface area contributed by atoms with Gasteiger partial charge in [-0.3, -0.25) is 4.84 Å². The largest absolute Gasteiger partial charge is 0.284 e. The van der Waals surface area contributed by atoms with Crippen molar-refractivity contribution in [3.8, 4) is 0 Å². The van der Waals surface area contributed by atoms with E-state index in [-0.39, 0.29) is 11.0 Å². The third-order valence-electron chi connectivity index (χ3n) is 4.00. The van der Waals surface area contributed by atoms with E-state index in [1.54, 1.807) is 12.1 Å². The minimum absolute atomic E-state index is 0.0177. The van der Waals surface area contributed by atoms with Crippen molar-refractivity contribution in [1.29, 1.82) is 0 Å². The number of sulfonamides is 1. The predicted molar refractivity (Wildman–Crippen MR) is 78.8 cm³/mol. The normalized spacial score (nSPS) is 18.3. The molecule has 0 radical (unpaired) electrons. The highest BCUT2D eigenvalue weighted by Crippen LogP contribution is 2.22. The van der Waals surface area contributed by atoms with Gasteiger partial charge in [0.1, 0.15) is 0 Å². The Balaban J connectivity index is 2.01. The molecule has 112 valence electrons. The van der Waals surface area contributed by atoms with Crippen LogP contribution in [0, 0.1) is 0 Å². The van der Waals surface area contributed by atoms with Crippen LogP contribution in [0.2, 0.25) is 0 Å². The highest BCUT2D eigenvalue weighted by Gasteiger charge is 2.20. The van der Waals surface area contributed by atoms with E-state index in [2.05, 4.69) is 18.7 Å². The zero-order valence-corrected chi connectivity index (χ0v) is 12.9. The molecular weight excluding hydrogens is 274 g/mol. The summed E-state index contributed by atoms with van der Waals surface area (Å²) in [6, 6.07) is 7.03. The van der Waals surface area contributed by atoms with E-state index in [4.69, 9.17) is 4.84 Å². The number of rotatable bonds is 6. The van der Waals surface area contributed by atoms with Gasteiger partial charge in [-0.25, -0.2) is 8.42 Å². The van der Waals surface area contributed by atoms with Crippen LogP contribution >= 0.6 is 0 Å². The molecule has 1 fully saturated rings. The van der Waals surface area contributed by atoms with Gasteiger partial charge in [0.05, 0.1) is 11.0 Å². The van der Waals surface area contributed by atoms with Crippen molar-refractivity contribution < 1.29 is 13.3 Å². The number of nitrogens with one attached hydrogen (secondary N) is 1. The molecule has 0 bridgehead atoms. The lowest BCUT2D eigenvalue weighted by Gasteiger charge is -2.13. The van der Waals surface area contributed by atoms with E-state index in [1.165, 1.54) is 0 Å². The van der Waals surface area contributed by atoms with Gasteiger partial charge in [-0.15, -0.1) is 0 Å². The quantitative estimate of drug-likeness (QED) is 0.819. The first-order valence-electron chi connectivity index (χ1n) is 7.30. The average Bonchev–Trinajstić information content (AvgIpc) is 2.98. The van der Waals surface area contributed by atoms with Gasteiger partial charge in [0.15, 0.2) is 0 Å². The Morgan fingerprint density at radius 2 is 1.85 bits per heavy atom. The Kier molecular flexibility index (Phi) is 5.18. The fourth-order valence-electron chi connectivity index (χ4n) is 2.40. The minimum Gasteiger partial charge on any atom is -0.284 e. The molecule has 0 amide bonds. The lowest BCUT2D eigenvalue weighted by molar-refractivity contribution is 0.0223. The maximum Gasteiger partial charge on any atom is 0.262 e. The number of hydrogen-bond donors (Lipinski definition) is 1. The molecule has 1 aromatic rings. The second-order valence-corrected chi connectivity index (χ2v) is 7.13. The zero-order valence-electron chi connectivity index (χ0n) is 12.1. The smallest absolute Gasteiger partial charge is 0.262 e. The Morgan fingerprint density at radius 3 is 2.40 bits per heavy atom. The van der Waals surface area contributed by atoms with Gasteiger partial charge in [-0.2, -0.15) is 0 Å². The lowest BCUT2D eigenvalue weighted by atomic mass is 9.99. The topological polar surface area (TPSA) is 55.4 Å². The highest BCUT2D eigenvalue weighted by molar-refractivity contribution is 7.89. The van der Waals surface area contributed by atoms with Crippen LogP contribution in [0.15, 0.2) is 29.2 Å². The van der Waals surface area contributed by atoms with Gasteiger partial charge < -0.3 is 0 Å². The Labute approximate surface area is 121 Å². The van der Waals surface area contributed by atoms with Gasteiger partial charge >= 0.3 is 0 Å². The Hall–Kier alpha value is -0.910. The summed E-state index contributed by atoms with van der Waals surface area (Å²) in [7, 11) is -3.57. The summed E-state index contributed by atoms with van der Waals surface area (Å²) >= 11 is 0. The summed E-state index contributed by atoms with van der Waals surface area (Å²) in [5, 5.41) is 0. The number of benzene rings is 1. The van der Waals surface area contributed by atoms with E-state index < -0.39 is 10.0 Å². The third-order valence-corrected chi connectivity index (χ3v) is 5.21. The van der Waals surface area contributed by atoms with Gasteiger partial charge in [-0.1, -0.05) is 43.7 Å². The average molecular weight is 297 g/mol. The van der Waals surface area contributed by atoms with E-state index in [0.29, 0.717) is 5.92 Å². The van der Waals surface area contributed by atoms with Gasteiger partial charge in [0.2, 0.25) is 0 Å². The Bertz CT molecular complexity index is 519. The van der Waals surface area contributed by atoms with Crippen LogP contribution in [-0.2, 0) is 14.9 Å². The first kappa shape index (κ1) is 15.5. The first-order chi connectivity index (χ1) is 9.53. The highest BCUT2D eigenvalue weighted by atomic mass is 32.2. The maximum atomic E-state index is 12.1. The zero-order chi connectivity index (χ0) is 14.6. The predicted octanol–water partition coefficient (Wildman–Crippen LogP) is 3.35. The fourth-order valence-corrected chi connectivity index (χ4v) is 3.25. The van der Waals surface area contributed by atoms with Crippen molar-refractivity contribution in [2.45, 2.75) is 62.9 Å². The van der Waals surface area contributed by atoms with Gasteiger partial charge in [0, 0.05) is 0 Å². The molecule has 5 heteroatoms. The standard InChI is InChI=1S/C15H23NO3S/c1-3-12(2)13-8-10-15(11-9-13)20(17,18)16-19-14-6-4-5-7-14/h8-12,14,16H,3-7H2,1-2H3.